The van der Waals surface area contributed by atoms with Gasteiger partial charge in [-0.2, -0.15) is 0 Å². The maximum atomic E-state index is 6.62. The Balaban J connectivity index is 1.64. The molecular weight excluding hydrogens is 271 g/mol. The number of thioether (sulfide) groups is 1. The zero-order chi connectivity index (χ0) is 11.8. The van der Waals surface area contributed by atoms with Crippen LogP contribution < -0.4 is 0 Å². The zero-order valence-electron chi connectivity index (χ0n) is 9.57. The second kappa shape index (κ2) is 3.37. The summed E-state index contributed by atoms with van der Waals surface area (Å²) in [6.45, 7) is 2.12. The smallest absolute Gasteiger partial charge is 0.0535 e. The number of rotatable bonds is 2. The summed E-state index contributed by atoms with van der Waals surface area (Å²) in [6.07, 6.45) is 1.26. The van der Waals surface area contributed by atoms with E-state index in [0.29, 0.717) is 17.2 Å². The van der Waals surface area contributed by atoms with Gasteiger partial charge in [0, 0.05) is 15.0 Å². The van der Waals surface area contributed by atoms with E-state index in [4.69, 9.17) is 23.2 Å². The third kappa shape index (κ3) is 1.24. The van der Waals surface area contributed by atoms with Gasteiger partial charge in [-0.3, -0.25) is 0 Å². The molecule has 4 aliphatic rings. The van der Waals surface area contributed by atoms with E-state index >= 15 is 0 Å². The Morgan fingerprint density at radius 1 is 1.24 bits per heavy atom. The highest BCUT2D eigenvalue weighted by atomic mass is 35.5. The van der Waals surface area contributed by atoms with Crippen molar-refractivity contribution in [2.24, 2.45) is 17.8 Å². The van der Waals surface area contributed by atoms with Crippen LogP contribution in [-0.4, -0.2) is 15.5 Å². The fourth-order valence-electron chi connectivity index (χ4n) is 3.99. The van der Waals surface area contributed by atoms with Gasteiger partial charge in [-0.25, -0.2) is 0 Å². The van der Waals surface area contributed by atoms with E-state index in [9.17, 15) is 0 Å². The van der Waals surface area contributed by atoms with Crippen LogP contribution in [0.15, 0.2) is 29.2 Å². The maximum Gasteiger partial charge on any atom is 0.0535 e. The van der Waals surface area contributed by atoms with Crippen LogP contribution in [-0.2, 0) is 0 Å². The largest absolute Gasteiger partial charge is 0.122 e. The van der Waals surface area contributed by atoms with Gasteiger partial charge in [-0.1, -0.05) is 17.7 Å². The van der Waals surface area contributed by atoms with Gasteiger partial charge in [0.15, 0.2) is 0 Å². The van der Waals surface area contributed by atoms with Crippen LogP contribution in [0.3, 0.4) is 0 Å². The van der Waals surface area contributed by atoms with Gasteiger partial charge in [0.05, 0.1) is 5.38 Å². The molecule has 0 heterocycles. The van der Waals surface area contributed by atoms with E-state index in [2.05, 4.69) is 31.2 Å². The van der Waals surface area contributed by atoms with Crippen molar-refractivity contribution in [3.05, 3.63) is 29.8 Å². The van der Waals surface area contributed by atoms with Gasteiger partial charge in [0.2, 0.25) is 0 Å². The molecule has 1 aromatic rings. The average Bonchev–Trinajstić information content (AvgIpc) is 2.53. The highest BCUT2D eigenvalue weighted by Gasteiger charge is 2.83. The lowest BCUT2D eigenvalue weighted by Crippen LogP contribution is -2.18. The first-order chi connectivity index (χ1) is 8.14. The summed E-state index contributed by atoms with van der Waals surface area (Å²) >= 11 is 15.1. The summed E-state index contributed by atoms with van der Waals surface area (Å²) in [6, 6.07) is 8.79. The third-order valence-corrected chi connectivity index (χ3v) is 7.93. The molecule has 1 aromatic carbocycles. The van der Waals surface area contributed by atoms with Gasteiger partial charge in [-0.05, 0) is 43.2 Å². The average molecular weight is 285 g/mol. The highest BCUT2D eigenvalue weighted by Crippen LogP contribution is 2.81. The monoisotopic (exact) mass is 284 g/mol. The van der Waals surface area contributed by atoms with Crippen LogP contribution in [0, 0.1) is 24.7 Å². The molecule has 90 valence electrons. The molecule has 4 bridgehead atoms. The number of halogens is 2. The molecular formula is C14H14Cl2S. The Morgan fingerprint density at radius 3 is 2.41 bits per heavy atom. The lowest BCUT2D eigenvalue weighted by molar-refractivity contribution is 0.617. The topological polar surface area (TPSA) is 0 Å². The van der Waals surface area contributed by atoms with Crippen molar-refractivity contribution in [3.8, 4) is 0 Å². The Hall–Kier alpha value is 0.150. The van der Waals surface area contributed by atoms with Crippen LogP contribution in [0.25, 0.3) is 0 Å². The molecule has 2 unspecified atom stereocenters. The summed E-state index contributed by atoms with van der Waals surface area (Å²) in [5.74, 6) is 2.01. The summed E-state index contributed by atoms with van der Waals surface area (Å²) < 4.78 is 0.272. The third-order valence-electron chi connectivity index (χ3n) is 4.83. The van der Waals surface area contributed by atoms with E-state index in [1.165, 1.54) is 16.9 Å². The zero-order valence-corrected chi connectivity index (χ0v) is 11.9. The number of hydrogen-bond donors (Lipinski definition) is 0. The Kier molecular flexibility index (Phi) is 2.19. The van der Waals surface area contributed by atoms with E-state index < -0.39 is 0 Å². The molecule has 5 rings (SSSR count). The van der Waals surface area contributed by atoms with Crippen molar-refractivity contribution < 1.29 is 0 Å². The van der Waals surface area contributed by atoms with Crippen LogP contribution >= 0.6 is 35.0 Å². The van der Waals surface area contributed by atoms with Crippen molar-refractivity contribution >= 4 is 35.0 Å². The SMILES string of the molecule is Cc1ccc(SC23C4[C@H](Cl)[C@H](C[C@@H]42)[C@@H]3Cl)cc1. The number of aryl methyl sites for hydroxylation is 1. The van der Waals surface area contributed by atoms with Crippen molar-refractivity contribution in [2.75, 3.05) is 0 Å². The molecule has 0 N–H and O–H groups in total. The molecule has 0 saturated heterocycles. The highest BCUT2D eigenvalue weighted by molar-refractivity contribution is 8.01. The lowest BCUT2D eigenvalue weighted by Gasteiger charge is -2.16. The van der Waals surface area contributed by atoms with Crippen molar-refractivity contribution in [2.45, 2.75) is 33.7 Å². The molecule has 0 radical (unpaired) electrons. The van der Waals surface area contributed by atoms with Crippen molar-refractivity contribution in [3.63, 3.8) is 0 Å². The Labute approximate surface area is 116 Å². The second-order valence-corrected chi connectivity index (χ2v) is 8.00. The molecule has 0 amide bonds. The first-order valence-electron chi connectivity index (χ1n) is 6.18. The van der Waals surface area contributed by atoms with Crippen LogP contribution in [0.5, 0.6) is 0 Å². The normalized spacial score (nSPS) is 49.7. The summed E-state index contributed by atoms with van der Waals surface area (Å²) in [5, 5.41) is 0.617. The summed E-state index contributed by atoms with van der Waals surface area (Å²) in [5.41, 5.74) is 1.31. The molecule has 0 nitrogen and oxygen atoms in total. The fraction of sp³-hybridized carbons (Fsp3) is 0.571. The fourth-order valence-corrected chi connectivity index (χ4v) is 7.21. The van der Waals surface area contributed by atoms with Crippen molar-refractivity contribution in [1.29, 1.82) is 0 Å². The first-order valence-corrected chi connectivity index (χ1v) is 7.87. The predicted octanol–water partition coefficient (Wildman–Crippen LogP) is 4.32. The molecule has 4 aliphatic carbocycles. The number of hydrogen-bond acceptors (Lipinski definition) is 1. The van der Waals surface area contributed by atoms with Gasteiger partial charge in [0.1, 0.15) is 0 Å². The standard InChI is InChI=1S/C14H14Cl2S/c1-7-2-4-8(5-3-7)17-14-10-6-9(13(14)16)12(15)11(10)14/h2-5,9-13H,6H2,1H3/t9-,10-,11?,12+,13-,14?/m0/s1. The van der Waals surface area contributed by atoms with E-state index in [0.717, 1.165) is 5.92 Å². The minimum atomic E-state index is 0.272. The molecule has 3 heteroatoms. The molecule has 4 saturated carbocycles. The molecule has 0 aromatic heterocycles. The Bertz CT molecular complexity index is 468. The summed E-state index contributed by atoms with van der Waals surface area (Å²) in [4.78, 5) is 1.35. The molecule has 0 aliphatic heterocycles. The number of benzene rings is 1. The minimum absolute atomic E-state index is 0.272. The van der Waals surface area contributed by atoms with Crippen LogP contribution in [0.4, 0.5) is 0 Å². The molecule has 6 atom stereocenters. The van der Waals surface area contributed by atoms with Gasteiger partial charge in [0.25, 0.3) is 0 Å². The van der Waals surface area contributed by atoms with Crippen LogP contribution in [0.1, 0.15) is 12.0 Å². The minimum Gasteiger partial charge on any atom is -0.122 e. The molecule has 17 heavy (non-hydrogen) atoms. The number of alkyl halides is 2. The summed E-state index contributed by atoms with van der Waals surface area (Å²) in [7, 11) is 0. The van der Waals surface area contributed by atoms with E-state index in [1.54, 1.807) is 0 Å². The Morgan fingerprint density at radius 2 is 1.94 bits per heavy atom. The van der Waals surface area contributed by atoms with Crippen LogP contribution in [0.2, 0.25) is 0 Å². The molecule has 0 spiro atoms. The first kappa shape index (κ1) is 11.0. The van der Waals surface area contributed by atoms with E-state index in [1.807, 2.05) is 11.8 Å². The van der Waals surface area contributed by atoms with Gasteiger partial charge < -0.3 is 0 Å². The lowest BCUT2D eigenvalue weighted by atomic mass is 10.1. The molecule has 4 fully saturated rings. The second-order valence-electron chi connectivity index (χ2n) is 5.65. The van der Waals surface area contributed by atoms with Gasteiger partial charge in [-0.15, -0.1) is 35.0 Å². The quantitative estimate of drug-likeness (QED) is 0.729. The maximum absolute atomic E-state index is 6.62. The van der Waals surface area contributed by atoms with Gasteiger partial charge >= 0.3 is 0 Å². The predicted molar refractivity (Wildman–Crippen MR) is 74.1 cm³/mol. The van der Waals surface area contributed by atoms with Crippen molar-refractivity contribution in [1.82, 2.24) is 0 Å². The van der Waals surface area contributed by atoms with E-state index in [-0.39, 0.29) is 10.1 Å².